The number of ether oxygens (including phenoxy) is 2. The molecule has 0 bridgehead atoms. The van der Waals surface area contributed by atoms with Gasteiger partial charge < -0.3 is 19.7 Å². The second-order valence-electron chi connectivity index (χ2n) is 8.25. The van der Waals surface area contributed by atoms with E-state index in [1.807, 2.05) is 36.4 Å². The smallest absolute Gasteiger partial charge is 0.127 e. The molecule has 170 valence electrons. The minimum absolute atomic E-state index is 0.300. The maximum absolute atomic E-state index is 9.43. The molecule has 2 atom stereocenters. The average molecular weight is 435 g/mol. The second-order valence-corrected chi connectivity index (χ2v) is 8.25. The number of para-hydroxylation sites is 2. The summed E-state index contributed by atoms with van der Waals surface area (Å²) in [4.78, 5) is 0. The van der Waals surface area contributed by atoms with Crippen LogP contribution >= 0.6 is 0 Å². The molecule has 4 nitrogen and oxygen atoms in total. The van der Waals surface area contributed by atoms with Gasteiger partial charge in [-0.05, 0) is 62.8 Å². The van der Waals surface area contributed by atoms with Crippen LogP contribution in [0, 0.1) is 0 Å². The Bertz CT molecular complexity index is 869. The molecule has 0 aliphatic carbocycles. The minimum atomic E-state index is -0.300. The van der Waals surface area contributed by atoms with Gasteiger partial charge in [0.1, 0.15) is 11.5 Å². The normalized spacial score (nSPS) is 12.9. The fourth-order valence-electron chi connectivity index (χ4n) is 3.61. The predicted octanol–water partition coefficient (Wildman–Crippen LogP) is 6.10. The molecule has 0 aliphatic heterocycles. The zero-order valence-electron chi connectivity index (χ0n) is 19.0. The van der Waals surface area contributed by atoms with Gasteiger partial charge in [-0.1, -0.05) is 60.7 Å². The van der Waals surface area contributed by atoms with Gasteiger partial charge in [0.15, 0.2) is 0 Å². The molecule has 3 rings (SSSR count). The Kier molecular flexibility index (Phi) is 9.14. The number of aliphatic hydroxyl groups is 2. The molecular formula is C28H34O4. The van der Waals surface area contributed by atoms with E-state index in [4.69, 9.17) is 9.47 Å². The lowest BCUT2D eigenvalue weighted by Crippen LogP contribution is -2.05. The molecular weight excluding hydrogens is 400 g/mol. The molecule has 3 aromatic carbocycles. The quantitative estimate of drug-likeness (QED) is 0.338. The highest BCUT2D eigenvalue weighted by molar-refractivity contribution is 5.76. The van der Waals surface area contributed by atoms with E-state index in [0.717, 1.165) is 59.4 Å². The first kappa shape index (κ1) is 23.8. The van der Waals surface area contributed by atoms with Crippen LogP contribution in [-0.2, 0) is 0 Å². The van der Waals surface area contributed by atoms with Gasteiger partial charge in [0, 0.05) is 11.1 Å². The fraction of sp³-hybridized carbons (Fsp3) is 0.357. The SMILES string of the molecule is CC(O)CCCOc1ccccc1-c1ccc(-c2ccccc2OCCCC(C)O)cc1. The third kappa shape index (κ3) is 7.11. The second kappa shape index (κ2) is 12.3. The van der Waals surface area contributed by atoms with Crippen molar-refractivity contribution < 1.29 is 19.7 Å². The Morgan fingerprint density at radius 1 is 0.594 bits per heavy atom. The summed E-state index contributed by atoms with van der Waals surface area (Å²) in [5, 5.41) is 18.9. The summed E-state index contributed by atoms with van der Waals surface area (Å²) in [7, 11) is 0. The van der Waals surface area contributed by atoms with Gasteiger partial charge in [0.2, 0.25) is 0 Å². The van der Waals surface area contributed by atoms with Crippen molar-refractivity contribution in [3.05, 3.63) is 72.8 Å². The van der Waals surface area contributed by atoms with Crippen LogP contribution in [0.15, 0.2) is 72.8 Å². The number of hydrogen-bond acceptors (Lipinski definition) is 4. The van der Waals surface area contributed by atoms with E-state index in [0.29, 0.717) is 13.2 Å². The van der Waals surface area contributed by atoms with Gasteiger partial charge >= 0.3 is 0 Å². The maximum Gasteiger partial charge on any atom is 0.127 e. The van der Waals surface area contributed by atoms with Crippen LogP contribution in [-0.4, -0.2) is 35.6 Å². The van der Waals surface area contributed by atoms with Crippen molar-refractivity contribution in [1.29, 1.82) is 0 Å². The monoisotopic (exact) mass is 434 g/mol. The first-order valence-corrected chi connectivity index (χ1v) is 11.4. The third-order valence-corrected chi connectivity index (χ3v) is 5.33. The molecule has 0 saturated heterocycles. The van der Waals surface area contributed by atoms with Crippen molar-refractivity contribution in [3.8, 4) is 33.8 Å². The van der Waals surface area contributed by atoms with Crippen LogP contribution in [0.3, 0.4) is 0 Å². The molecule has 0 saturated carbocycles. The summed E-state index contributed by atoms with van der Waals surface area (Å²) in [6.45, 7) is 4.77. The molecule has 2 unspecified atom stereocenters. The van der Waals surface area contributed by atoms with E-state index >= 15 is 0 Å². The van der Waals surface area contributed by atoms with E-state index < -0.39 is 0 Å². The van der Waals surface area contributed by atoms with Crippen molar-refractivity contribution >= 4 is 0 Å². The van der Waals surface area contributed by atoms with Gasteiger partial charge in [-0.3, -0.25) is 0 Å². The van der Waals surface area contributed by atoms with E-state index in [1.165, 1.54) is 0 Å². The van der Waals surface area contributed by atoms with Crippen molar-refractivity contribution in [3.63, 3.8) is 0 Å². The summed E-state index contributed by atoms with van der Waals surface area (Å²) >= 11 is 0. The number of benzene rings is 3. The van der Waals surface area contributed by atoms with Gasteiger partial charge in [0.05, 0.1) is 25.4 Å². The van der Waals surface area contributed by atoms with Crippen LogP contribution in [0.25, 0.3) is 22.3 Å². The first-order chi connectivity index (χ1) is 15.5. The topological polar surface area (TPSA) is 58.9 Å². The highest BCUT2D eigenvalue weighted by Gasteiger charge is 2.09. The predicted molar refractivity (Wildman–Crippen MR) is 130 cm³/mol. The summed E-state index contributed by atoms with van der Waals surface area (Å²) in [5.74, 6) is 1.71. The molecule has 0 spiro atoms. The van der Waals surface area contributed by atoms with Crippen molar-refractivity contribution in [2.24, 2.45) is 0 Å². The molecule has 4 heteroatoms. The summed E-state index contributed by atoms with van der Waals surface area (Å²) < 4.78 is 12.0. The van der Waals surface area contributed by atoms with Crippen molar-refractivity contribution in [1.82, 2.24) is 0 Å². The number of rotatable bonds is 12. The van der Waals surface area contributed by atoms with Crippen LogP contribution < -0.4 is 9.47 Å². The Morgan fingerprint density at radius 3 is 1.34 bits per heavy atom. The molecule has 0 fully saturated rings. The lowest BCUT2D eigenvalue weighted by molar-refractivity contribution is 0.170. The van der Waals surface area contributed by atoms with Crippen LogP contribution in [0.1, 0.15) is 39.5 Å². The summed E-state index contributed by atoms with van der Waals surface area (Å²) in [6, 6.07) is 24.5. The lowest BCUT2D eigenvalue weighted by Gasteiger charge is -2.14. The summed E-state index contributed by atoms with van der Waals surface area (Å²) in [6.07, 6.45) is 2.50. The Labute approximate surface area is 191 Å². The van der Waals surface area contributed by atoms with Gasteiger partial charge in [-0.15, -0.1) is 0 Å². The van der Waals surface area contributed by atoms with E-state index in [2.05, 4.69) is 36.4 Å². The Morgan fingerprint density at radius 2 is 0.969 bits per heavy atom. The van der Waals surface area contributed by atoms with Gasteiger partial charge in [-0.2, -0.15) is 0 Å². The minimum Gasteiger partial charge on any atom is -0.493 e. The largest absolute Gasteiger partial charge is 0.493 e. The molecule has 0 aromatic heterocycles. The van der Waals surface area contributed by atoms with Crippen molar-refractivity contribution in [2.75, 3.05) is 13.2 Å². The molecule has 2 N–H and O–H groups in total. The molecule has 0 heterocycles. The molecule has 0 amide bonds. The standard InChI is InChI=1S/C28H34O4/c1-21(29)9-7-19-31-27-13-5-3-11-25(27)23-15-17-24(18-16-23)26-12-4-6-14-28(26)32-20-8-10-22(2)30/h3-6,11-18,21-22,29-30H,7-10,19-20H2,1-2H3. The Balaban J connectivity index is 1.71. The summed E-state index contributed by atoms with van der Waals surface area (Å²) in [5.41, 5.74) is 4.29. The van der Waals surface area contributed by atoms with Gasteiger partial charge in [0.25, 0.3) is 0 Å². The van der Waals surface area contributed by atoms with E-state index in [-0.39, 0.29) is 12.2 Å². The maximum atomic E-state index is 9.43. The number of hydrogen-bond donors (Lipinski definition) is 2. The third-order valence-electron chi connectivity index (χ3n) is 5.33. The van der Waals surface area contributed by atoms with Crippen LogP contribution in [0.2, 0.25) is 0 Å². The highest BCUT2D eigenvalue weighted by atomic mass is 16.5. The molecule has 3 aromatic rings. The van der Waals surface area contributed by atoms with Crippen molar-refractivity contribution in [2.45, 2.75) is 51.7 Å². The van der Waals surface area contributed by atoms with Crippen LogP contribution in [0.5, 0.6) is 11.5 Å². The fourth-order valence-corrected chi connectivity index (χ4v) is 3.61. The first-order valence-electron chi connectivity index (χ1n) is 11.4. The zero-order valence-corrected chi connectivity index (χ0v) is 19.0. The number of aliphatic hydroxyl groups excluding tert-OH is 2. The Hall–Kier alpha value is -2.82. The zero-order chi connectivity index (χ0) is 22.8. The molecule has 0 aliphatic rings. The van der Waals surface area contributed by atoms with E-state index in [9.17, 15) is 10.2 Å². The molecule has 32 heavy (non-hydrogen) atoms. The highest BCUT2D eigenvalue weighted by Crippen LogP contribution is 2.34. The molecule has 0 radical (unpaired) electrons. The lowest BCUT2D eigenvalue weighted by atomic mass is 9.99. The van der Waals surface area contributed by atoms with E-state index in [1.54, 1.807) is 13.8 Å². The van der Waals surface area contributed by atoms with Gasteiger partial charge in [-0.25, -0.2) is 0 Å². The average Bonchev–Trinajstić information content (AvgIpc) is 2.80. The van der Waals surface area contributed by atoms with Crippen LogP contribution in [0.4, 0.5) is 0 Å².